The highest BCUT2D eigenvalue weighted by Gasteiger charge is 2.20. The molecule has 0 aromatic carbocycles. The summed E-state index contributed by atoms with van der Waals surface area (Å²) in [4.78, 5) is 24.9. The van der Waals surface area contributed by atoms with E-state index in [-0.39, 0.29) is 17.2 Å². The van der Waals surface area contributed by atoms with Gasteiger partial charge in [0.25, 0.3) is 0 Å². The zero-order valence-corrected chi connectivity index (χ0v) is 10.8. The predicted octanol–water partition coefficient (Wildman–Crippen LogP) is 1.24. The van der Waals surface area contributed by atoms with Gasteiger partial charge in [-0.3, -0.25) is 10.1 Å². The van der Waals surface area contributed by atoms with Gasteiger partial charge in [0, 0.05) is 18.7 Å². The van der Waals surface area contributed by atoms with Gasteiger partial charge in [-0.05, 0) is 31.9 Å². The summed E-state index contributed by atoms with van der Waals surface area (Å²) in [6.45, 7) is 1.32. The van der Waals surface area contributed by atoms with Crippen LogP contribution in [0.4, 0.5) is 11.5 Å². The van der Waals surface area contributed by atoms with E-state index in [2.05, 4.69) is 15.6 Å². The van der Waals surface area contributed by atoms with Crippen molar-refractivity contribution in [3.8, 4) is 0 Å². The number of rotatable bonds is 8. The average molecular weight is 280 g/mol. The summed E-state index contributed by atoms with van der Waals surface area (Å²) in [6, 6.07) is 2.90. The van der Waals surface area contributed by atoms with Crippen LogP contribution in [0.2, 0.25) is 0 Å². The first-order valence-corrected chi connectivity index (χ1v) is 6.44. The molecule has 108 valence electrons. The van der Waals surface area contributed by atoms with Crippen LogP contribution in [0.1, 0.15) is 29.8 Å². The van der Waals surface area contributed by atoms with Gasteiger partial charge in [0.2, 0.25) is 5.82 Å². The molecule has 3 N–H and O–H groups in total. The number of hydrogen-bond acceptors (Lipinski definition) is 6. The number of carboxylic acids is 1. The van der Waals surface area contributed by atoms with Crippen LogP contribution in [0.3, 0.4) is 0 Å². The second-order valence-corrected chi connectivity index (χ2v) is 4.64. The Morgan fingerprint density at radius 1 is 1.45 bits per heavy atom. The van der Waals surface area contributed by atoms with E-state index in [1.807, 2.05) is 0 Å². The number of hydrogen-bond donors (Lipinski definition) is 3. The lowest BCUT2D eigenvalue weighted by molar-refractivity contribution is -0.384. The van der Waals surface area contributed by atoms with Crippen molar-refractivity contribution in [2.45, 2.75) is 25.3 Å². The molecule has 1 saturated carbocycles. The normalized spacial score (nSPS) is 14.0. The minimum Gasteiger partial charge on any atom is -0.477 e. The molecule has 20 heavy (non-hydrogen) atoms. The van der Waals surface area contributed by atoms with E-state index in [0.29, 0.717) is 12.6 Å². The molecule has 1 fully saturated rings. The highest BCUT2D eigenvalue weighted by Crippen LogP contribution is 2.22. The molecule has 1 heterocycles. The van der Waals surface area contributed by atoms with Crippen LogP contribution in [0.25, 0.3) is 0 Å². The minimum atomic E-state index is -1.21. The van der Waals surface area contributed by atoms with Crippen molar-refractivity contribution in [1.29, 1.82) is 0 Å². The Morgan fingerprint density at radius 3 is 2.80 bits per heavy atom. The van der Waals surface area contributed by atoms with Crippen molar-refractivity contribution >= 4 is 17.5 Å². The molecular formula is C12H16N4O4. The lowest BCUT2D eigenvalue weighted by Crippen LogP contribution is -2.20. The van der Waals surface area contributed by atoms with Crippen molar-refractivity contribution < 1.29 is 14.8 Å². The Labute approximate surface area is 115 Å². The van der Waals surface area contributed by atoms with Gasteiger partial charge < -0.3 is 15.7 Å². The Hall–Kier alpha value is -2.22. The van der Waals surface area contributed by atoms with Crippen molar-refractivity contribution in [3.63, 3.8) is 0 Å². The molecule has 1 aromatic heterocycles. The third-order valence-corrected chi connectivity index (χ3v) is 2.95. The van der Waals surface area contributed by atoms with Crippen molar-refractivity contribution in [2.24, 2.45) is 0 Å². The van der Waals surface area contributed by atoms with Gasteiger partial charge in [0.05, 0.1) is 4.92 Å². The van der Waals surface area contributed by atoms with Crippen LogP contribution in [-0.4, -0.2) is 40.1 Å². The Balaban J connectivity index is 1.93. The first-order valence-electron chi connectivity index (χ1n) is 6.44. The lowest BCUT2D eigenvalue weighted by atomic mass is 10.3. The Bertz CT molecular complexity index is 516. The van der Waals surface area contributed by atoms with Gasteiger partial charge in [-0.1, -0.05) is 0 Å². The molecular weight excluding hydrogens is 264 g/mol. The Morgan fingerprint density at radius 2 is 2.20 bits per heavy atom. The predicted molar refractivity (Wildman–Crippen MR) is 72.0 cm³/mol. The van der Waals surface area contributed by atoms with Crippen LogP contribution < -0.4 is 10.6 Å². The summed E-state index contributed by atoms with van der Waals surface area (Å²) in [6.07, 6.45) is 3.20. The highest BCUT2D eigenvalue weighted by atomic mass is 16.6. The number of carbonyl (C=O) groups is 1. The molecule has 0 aliphatic heterocycles. The van der Waals surface area contributed by atoms with Crippen molar-refractivity contribution in [2.75, 3.05) is 18.4 Å². The molecule has 0 bridgehead atoms. The summed E-state index contributed by atoms with van der Waals surface area (Å²) in [7, 11) is 0. The van der Waals surface area contributed by atoms with E-state index in [9.17, 15) is 14.9 Å². The molecule has 1 aromatic rings. The topological polar surface area (TPSA) is 117 Å². The lowest BCUT2D eigenvalue weighted by Gasteiger charge is -2.07. The monoisotopic (exact) mass is 280 g/mol. The summed E-state index contributed by atoms with van der Waals surface area (Å²) in [5, 5.41) is 25.9. The van der Waals surface area contributed by atoms with Crippen LogP contribution in [0, 0.1) is 10.1 Å². The van der Waals surface area contributed by atoms with E-state index in [0.717, 1.165) is 25.1 Å². The van der Waals surface area contributed by atoms with Crippen LogP contribution in [0.15, 0.2) is 12.1 Å². The zero-order valence-electron chi connectivity index (χ0n) is 10.8. The number of aromatic nitrogens is 1. The number of nitrogens with zero attached hydrogens (tertiary/aromatic N) is 2. The van der Waals surface area contributed by atoms with Gasteiger partial charge in [-0.2, -0.15) is 0 Å². The molecule has 0 amide bonds. The second kappa shape index (κ2) is 6.29. The fourth-order valence-corrected chi connectivity index (χ4v) is 1.74. The smallest absolute Gasteiger partial charge is 0.354 e. The molecule has 0 spiro atoms. The maximum atomic E-state index is 10.9. The van der Waals surface area contributed by atoms with E-state index in [1.54, 1.807) is 0 Å². The molecule has 2 rings (SSSR count). The summed E-state index contributed by atoms with van der Waals surface area (Å²) in [5.74, 6) is -1.21. The quantitative estimate of drug-likeness (QED) is 0.372. The van der Waals surface area contributed by atoms with Gasteiger partial charge in [0.15, 0.2) is 5.69 Å². The first-order chi connectivity index (χ1) is 9.58. The number of carboxylic acid groups (broad SMARTS) is 1. The third kappa shape index (κ3) is 3.89. The van der Waals surface area contributed by atoms with Crippen molar-refractivity contribution in [1.82, 2.24) is 10.3 Å². The largest absolute Gasteiger partial charge is 0.477 e. The minimum absolute atomic E-state index is 0.00122. The number of nitro groups is 1. The van der Waals surface area contributed by atoms with E-state index in [4.69, 9.17) is 5.11 Å². The maximum Gasteiger partial charge on any atom is 0.354 e. The standard InChI is InChI=1S/C12H16N4O4/c17-12(18)9-4-5-10(16(19)20)11(15-9)14-7-1-6-13-8-2-3-8/h4-5,8,13H,1-3,6-7H2,(H,14,15)(H,17,18). The number of aromatic carboxylic acids is 1. The highest BCUT2D eigenvalue weighted by molar-refractivity contribution is 5.86. The average Bonchev–Trinajstić information content (AvgIpc) is 3.22. The molecule has 0 radical (unpaired) electrons. The van der Waals surface area contributed by atoms with E-state index in [1.165, 1.54) is 12.8 Å². The van der Waals surface area contributed by atoms with Gasteiger partial charge >= 0.3 is 11.7 Å². The summed E-state index contributed by atoms with van der Waals surface area (Å²) in [5.41, 5.74) is -0.431. The fraction of sp³-hybridized carbons (Fsp3) is 0.500. The molecule has 8 heteroatoms. The van der Waals surface area contributed by atoms with E-state index < -0.39 is 10.9 Å². The number of pyridine rings is 1. The third-order valence-electron chi connectivity index (χ3n) is 2.95. The summed E-state index contributed by atoms with van der Waals surface area (Å²) < 4.78 is 0. The van der Waals surface area contributed by atoms with Crippen LogP contribution >= 0.6 is 0 Å². The molecule has 0 saturated heterocycles. The second-order valence-electron chi connectivity index (χ2n) is 4.64. The molecule has 8 nitrogen and oxygen atoms in total. The Kier molecular flexibility index (Phi) is 4.46. The van der Waals surface area contributed by atoms with Crippen LogP contribution in [-0.2, 0) is 0 Å². The first kappa shape index (κ1) is 14.2. The van der Waals surface area contributed by atoms with Crippen molar-refractivity contribution in [3.05, 3.63) is 27.9 Å². The number of nitrogens with one attached hydrogen (secondary N) is 2. The van der Waals surface area contributed by atoms with E-state index >= 15 is 0 Å². The molecule has 0 atom stereocenters. The molecule has 1 aliphatic carbocycles. The maximum absolute atomic E-state index is 10.9. The van der Waals surface area contributed by atoms with Gasteiger partial charge in [-0.15, -0.1) is 0 Å². The zero-order chi connectivity index (χ0) is 14.5. The fourth-order valence-electron chi connectivity index (χ4n) is 1.74. The van der Waals surface area contributed by atoms with Gasteiger partial charge in [-0.25, -0.2) is 9.78 Å². The van der Waals surface area contributed by atoms with Gasteiger partial charge in [0.1, 0.15) is 0 Å². The molecule has 1 aliphatic rings. The van der Waals surface area contributed by atoms with Crippen LogP contribution in [0.5, 0.6) is 0 Å². The molecule has 0 unspecified atom stereocenters. The number of anilines is 1. The SMILES string of the molecule is O=C(O)c1ccc([N+](=O)[O-])c(NCCCNC2CC2)n1. The summed E-state index contributed by atoms with van der Waals surface area (Å²) >= 11 is 0.